The molecule has 0 saturated carbocycles. The third-order valence-electron chi connectivity index (χ3n) is 4.55. The highest BCUT2D eigenvalue weighted by atomic mass is 16.2. The summed E-state index contributed by atoms with van der Waals surface area (Å²) in [7, 11) is 0. The Morgan fingerprint density at radius 3 is 2.20 bits per heavy atom. The normalized spacial score (nSPS) is 10.4. The van der Waals surface area contributed by atoms with Crippen LogP contribution in [0.5, 0.6) is 0 Å². The average molecular weight is 395 g/mol. The number of anilines is 2. The van der Waals surface area contributed by atoms with E-state index in [4.69, 9.17) is 5.26 Å². The number of benzene rings is 2. The first kappa shape index (κ1) is 18.9. The van der Waals surface area contributed by atoms with Gasteiger partial charge < -0.3 is 10.6 Å². The van der Waals surface area contributed by atoms with Gasteiger partial charge in [0.2, 0.25) is 5.82 Å². The van der Waals surface area contributed by atoms with Gasteiger partial charge >= 0.3 is 0 Å². The summed E-state index contributed by atoms with van der Waals surface area (Å²) in [6.07, 6.45) is 1.68. The van der Waals surface area contributed by atoms with Gasteiger partial charge in [-0.05, 0) is 55.5 Å². The molecule has 7 nitrogen and oxygen atoms in total. The molecule has 0 aliphatic carbocycles. The maximum absolute atomic E-state index is 12.8. The maximum Gasteiger partial charge on any atom is 0.292 e. The van der Waals surface area contributed by atoms with Crippen LogP contribution in [-0.2, 0) is 0 Å². The first-order valence-electron chi connectivity index (χ1n) is 9.22. The Balaban J connectivity index is 1.64. The van der Waals surface area contributed by atoms with Gasteiger partial charge in [0.25, 0.3) is 11.8 Å². The molecule has 0 aliphatic rings. The number of nitriles is 1. The van der Waals surface area contributed by atoms with Crippen LogP contribution in [0.25, 0.3) is 5.52 Å². The number of pyridine rings is 1. The number of fused-ring (bicyclic) bond motifs is 1. The van der Waals surface area contributed by atoms with Crippen LogP contribution in [0.15, 0.2) is 72.9 Å². The predicted octanol–water partition coefficient (Wildman–Crippen LogP) is 4.02. The van der Waals surface area contributed by atoms with E-state index in [0.717, 1.165) is 5.56 Å². The van der Waals surface area contributed by atoms with Crippen LogP contribution in [0.2, 0.25) is 0 Å². The Bertz CT molecular complexity index is 1280. The number of aromatic nitrogens is 2. The van der Waals surface area contributed by atoms with Gasteiger partial charge in [0.15, 0.2) is 5.69 Å². The second-order valence-electron chi connectivity index (χ2n) is 6.70. The van der Waals surface area contributed by atoms with E-state index in [1.165, 1.54) is 0 Å². The summed E-state index contributed by atoms with van der Waals surface area (Å²) in [6.45, 7) is 1.97. The summed E-state index contributed by atoms with van der Waals surface area (Å²) in [5.74, 6) is -0.778. The summed E-state index contributed by atoms with van der Waals surface area (Å²) in [6, 6.07) is 21.2. The summed E-state index contributed by atoms with van der Waals surface area (Å²) >= 11 is 0. The highest BCUT2D eigenvalue weighted by molar-refractivity contribution is 6.10. The number of rotatable bonds is 4. The lowest BCUT2D eigenvalue weighted by molar-refractivity contribution is 0.101. The Morgan fingerprint density at radius 1 is 0.900 bits per heavy atom. The van der Waals surface area contributed by atoms with E-state index in [1.54, 1.807) is 53.1 Å². The zero-order chi connectivity index (χ0) is 21.1. The fraction of sp³-hybridized carbons (Fsp3) is 0.0435. The van der Waals surface area contributed by atoms with E-state index in [0.29, 0.717) is 22.5 Å². The molecule has 4 aromatic rings. The number of nitrogens with one attached hydrogen (secondary N) is 2. The number of imidazole rings is 1. The molecule has 0 atom stereocenters. The third-order valence-corrected chi connectivity index (χ3v) is 4.55. The molecule has 0 fully saturated rings. The van der Waals surface area contributed by atoms with Gasteiger partial charge in [0.05, 0.1) is 17.1 Å². The molecule has 146 valence electrons. The highest BCUT2D eigenvalue weighted by Gasteiger charge is 2.21. The molecule has 0 spiro atoms. The Morgan fingerprint density at radius 2 is 1.53 bits per heavy atom. The second-order valence-corrected chi connectivity index (χ2v) is 6.70. The summed E-state index contributed by atoms with van der Waals surface area (Å²) in [5.41, 5.74) is 3.42. The van der Waals surface area contributed by atoms with Crippen molar-refractivity contribution in [2.45, 2.75) is 6.92 Å². The monoisotopic (exact) mass is 395 g/mol. The van der Waals surface area contributed by atoms with E-state index >= 15 is 0 Å². The molecular weight excluding hydrogens is 378 g/mol. The number of hydrogen-bond donors (Lipinski definition) is 2. The predicted molar refractivity (Wildman–Crippen MR) is 113 cm³/mol. The number of carbonyl (C=O) groups excluding carboxylic acids is 2. The smallest absolute Gasteiger partial charge is 0.292 e. The summed E-state index contributed by atoms with van der Waals surface area (Å²) < 4.78 is 1.57. The van der Waals surface area contributed by atoms with Crippen molar-refractivity contribution < 1.29 is 9.59 Å². The number of aryl methyl sites for hydroxylation is 1. The van der Waals surface area contributed by atoms with Crippen LogP contribution in [0.4, 0.5) is 11.4 Å². The molecule has 2 amide bonds. The van der Waals surface area contributed by atoms with Crippen molar-refractivity contribution in [3.63, 3.8) is 0 Å². The second kappa shape index (κ2) is 7.89. The van der Waals surface area contributed by atoms with Crippen molar-refractivity contribution in [3.05, 3.63) is 95.6 Å². The number of carbonyl (C=O) groups is 2. The SMILES string of the molecule is Cc1ccc(NC(=O)c2nc(C(=O)Nc3ccc(C#N)cc3)n3ccccc23)cc1. The van der Waals surface area contributed by atoms with Crippen molar-refractivity contribution in [2.75, 3.05) is 10.6 Å². The first-order valence-corrected chi connectivity index (χ1v) is 9.22. The Labute approximate surface area is 172 Å². The zero-order valence-corrected chi connectivity index (χ0v) is 16.1. The molecule has 4 rings (SSSR count). The molecule has 2 aromatic carbocycles. The molecule has 2 heterocycles. The lowest BCUT2D eigenvalue weighted by Crippen LogP contribution is -2.16. The highest BCUT2D eigenvalue weighted by Crippen LogP contribution is 2.18. The molecule has 30 heavy (non-hydrogen) atoms. The first-order chi connectivity index (χ1) is 14.5. The van der Waals surface area contributed by atoms with Crippen LogP contribution in [0.3, 0.4) is 0 Å². The summed E-state index contributed by atoms with van der Waals surface area (Å²) in [5, 5.41) is 14.5. The van der Waals surface area contributed by atoms with Crippen molar-refractivity contribution in [2.24, 2.45) is 0 Å². The van der Waals surface area contributed by atoms with Crippen molar-refractivity contribution in [1.29, 1.82) is 5.26 Å². The van der Waals surface area contributed by atoms with Crippen molar-refractivity contribution in [3.8, 4) is 6.07 Å². The van der Waals surface area contributed by atoms with Crippen LogP contribution in [0, 0.1) is 18.3 Å². The molecule has 0 aliphatic heterocycles. The zero-order valence-electron chi connectivity index (χ0n) is 16.1. The minimum atomic E-state index is -0.463. The van der Waals surface area contributed by atoms with Gasteiger partial charge in [-0.15, -0.1) is 0 Å². The lowest BCUT2D eigenvalue weighted by Gasteiger charge is -2.04. The van der Waals surface area contributed by atoms with Crippen molar-refractivity contribution in [1.82, 2.24) is 9.38 Å². The molecule has 0 unspecified atom stereocenters. The van der Waals surface area contributed by atoms with E-state index in [9.17, 15) is 9.59 Å². The average Bonchev–Trinajstić information content (AvgIpc) is 3.16. The maximum atomic E-state index is 12.8. The molecule has 0 saturated heterocycles. The van der Waals surface area contributed by atoms with Gasteiger partial charge in [0, 0.05) is 17.6 Å². The standard InChI is InChI=1S/C23H17N5O2/c1-15-5-9-17(10-6-15)25-22(29)20-19-4-2-3-13-28(19)21(27-20)23(30)26-18-11-7-16(14-24)8-12-18/h2-13H,1H3,(H,25,29)(H,26,30). The lowest BCUT2D eigenvalue weighted by atomic mass is 10.2. The van der Waals surface area contributed by atoms with Gasteiger partial charge in [0.1, 0.15) is 0 Å². The third kappa shape index (κ3) is 3.75. The fourth-order valence-corrected chi connectivity index (χ4v) is 3.01. The van der Waals surface area contributed by atoms with Crippen molar-refractivity contribution >= 4 is 28.7 Å². The molecule has 2 N–H and O–H groups in total. The minimum absolute atomic E-state index is 0.0871. The number of amides is 2. The van der Waals surface area contributed by atoms with Gasteiger partial charge in [-0.3, -0.25) is 14.0 Å². The van der Waals surface area contributed by atoms with E-state index in [1.807, 2.05) is 37.3 Å². The van der Waals surface area contributed by atoms with Crippen LogP contribution in [0.1, 0.15) is 32.2 Å². The number of hydrogen-bond acceptors (Lipinski definition) is 4. The topological polar surface area (TPSA) is 99.3 Å². The van der Waals surface area contributed by atoms with Crippen LogP contribution >= 0.6 is 0 Å². The molecular formula is C23H17N5O2. The van der Waals surface area contributed by atoms with Gasteiger partial charge in [-0.2, -0.15) is 5.26 Å². The van der Waals surface area contributed by atoms with Crippen LogP contribution in [-0.4, -0.2) is 21.2 Å². The van der Waals surface area contributed by atoms with Gasteiger partial charge in [-0.25, -0.2) is 4.98 Å². The van der Waals surface area contributed by atoms with Crippen LogP contribution < -0.4 is 10.6 Å². The molecule has 0 bridgehead atoms. The fourth-order valence-electron chi connectivity index (χ4n) is 3.01. The van der Waals surface area contributed by atoms with Gasteiger partial charge in [-0.1, -0.05) is 23.8 Å². The molecule has 0 radical (unpaired) electrons. The van der Waals surface area contributed by atoms with E-state index < -0.39 is 11.8 Å². The summed E-state index contributed by atoms with van der Waals surface area (Å²) in [4.78, 5) is 30.0. The Hall–Kier alpha value is -4.44. The molecule has 7 heteroatoms. The largest absolute Gasteiger partial charge is 0.321 e. The Kier molecular flexibility index (Phi) is 4.97. The van der Waals surface area contributed by atoms with E-state index in [-0.39, 0.29) is 11.5 Å². The quantitative estimate of drug-likeness (QED) is 0.545. The van der Waals surface area contributed by atoms with E-state index in [2.05, 4.69) is 15.6 Å². The minimum Gasteiger partial charge on any atom is -0.321 e. The number of nitrogens with zero attached hydrogens (tertiary/aromatic N) is 3. The molecule has 2 aromatic heterocycles.